The van der Waals surface area contributed by atoms with E-state index in [-0.39, 0.29) is 21.4 Å². The van der Waals surface area contributed by atoms with Crippen molar-refractivity contribution in [1.82, 2.24) is 4.98 Å². The van der Waals surface area contributed by atoms with Crippen molar-refractivity contribution >= 4 is 15.7 Å². The number of benzene rings is 2. The summed E-state index contributed by atoms with van der Waals surface area (Å²) >= 11 is 0. The summed E-state index contributed by atoms with van der Waals surface area (Å²) in [6.07, 6.45) is 4.76. The Morgan fingerprint density at radius 1 is 0.941 bits per heavy atom. The first-order chi connectivity index (χ1) is 16.4. The van der Waals surface area contributed by atoms with Gasteiger partial charge in [-0.25, -0.2) is 4.79 Å². The van der Waals surface area contributed by atoms with Crippen molar-refractivity contribution in [3.8, 4) is 5.75 Å². The van der Waals surface area contributed by atoms with Crippen molar-refractivity contribution < 1.29 is 18.7 Å². The van der Waals surface area contributed by atoms with Gasteiger partial charge in [0.15, 0.2) is 5.60 Å². The van der Waals surface area contributed by atoms with Crippen molar-refractivity contribution in [3.63, 3.8) is 0 Å². The Morgan fingerprint density at radius 2 is 1.56 bits per heavy atom. The molecule has 34 heavy (non-hydrogen) atoms. The molecule has 0 spiro atoms. The first-order valence-corrected chi connectivity index (χ1v) is 12.3. The van der Waals surface area contributed by atoms with Gasteiger partial charge in [0.25, 0.3) is 0 Å². The van der Waals surface area contributed by atoms with E-state index in [1.807, 2.05) is 48.5 Å². The van der Waals surface area contributed by atoms with Crippen LogP contribution < -0.4 is 4.74 Å². The zero-order chi connectivity index (χ0) is 24.4. The number of ether oxygens (including phenoxy) is 2. The molecule has 0 aliphatic carbocycles. The van der Waals surface area contributed by atoms with Gasteiger partial charge in [0, 0.05) is 12.3 Å². The molecule has 176 valence electrons. The molecule has 0 amide bonds. The van der Waals surface area contributed by atoms with Gasteiger partial charge in [0.05, 0.1) is 6.61 Å². The molecule has 0 saturated carbocycles. The maximum absolute atomic E-state index is 11.6. The van der Waals surface area contributed by atoms with Gasteiger partial charge in [-0.3, -0.25) is 4.98 Å². The third-order valence-electron chi connectivity index (χ3n) is 4.85. The summed E-state index contributed by atoms with van der Waals surface area (Å²) in [5.41, 5.74) is 1.61. The van der Waals surface area contributed by atoms with Crippen LogP contribution in [-0.4, -0.2) is 33.9 Å². The largest absolute Gasteiger partial charge is 0.487 e. The van der Waals surface area contributed by atoms with Crippen molar-refractivity contribution in [2.75, 3.05) is 13.2 Å². The fourth-order valence-electron chi connectivity index (χ4n) is 3.43. The minimum Gasteiger partial charge on any atom is -0.487 e. The number of carbonyl (C=O) groups excluding carboxylic acids is 1. The van der Waals surface area contributed by atoms with Crippen LogP contribution in [0.15, 0.2) is 91.1 Å². The van der Waals surface area contributed by atoms with Crippen LogP contribution in [0.5, 0.6) is 5.75 Å². The van der Waals surface area contributed by atoms with E-state index >= 15 is 0 Å². The molecule has 0 N–H and O–H groups in total. The normalized spacial score (nSPS) is 12.0. The molecule has 5 nitrogen and oxygen atoms in total. The summed E-state index contributed by atoms with van der Waals surface area (Å²) < 4.78 is 17.9. The average molecular weight is 474 g/mol. The second kappa shape index (κ2) is 11.8. The summed E-state index contributed by atoms with van der Waals surface area (Å²) in [7, 11) is 0.194. The van der Waals surface area contributed by atoms with Gasteiger partial charge in [-0.15, -0.1) is 0 Å². The second-order valence-corrected chi connectivity index (χ2v) is 10.6. The predicted molar refractivity (Wildman–Crippen MR) is 135 cm³/mol. The lowest BCUT2D eigenvalue weighted by molar-refractivity contribution is -0.137. The highest BCUT2D eigenvalue weighted by Crippen LogP contribution is 2.44. The topological polar surface area (TPSA) is 57.7 Å². The standard InChI is InChI=1S/C28H31NO4Si/c1-5-31-25(30)19-13-21-32-24-18-12-20-29-26(24)28(33-34-27(2,3)4,22-14-8-6-9-15-22)23-16-10-7-11-17-23/h6-20H,5,21H2,1-4H3. The van der Waals surface area contributed by atoms with Gasteiger partial charge < -0.3 is 13.9 Å². The highest BCUT2D eigenvalue weighted by atomic mass is 28.2. The van der Waals surface area contributed by atoms with Crippen LogP contribution in [0.3, 0.4) is 0 Å². The van der Waals surface area contributed by atoms with Gasteiger partial charge in [-0.05, 0) is 41.3 Å². The number of rotatable bonds is 10. The first kappa shape index (κ1) is 25.4. The molecule has 0 bridgehead atoms. The number of aromatic nitrogens is 1. The molecule has 0 aliphatic heterocycles. The van der Waals surface area contributed by atoms with Gasteiger partial charge in [-0.1, -0.05) is 81.4 Å². The number of esters is 1. The number of hydrogen-bond acceptors (Lipinski definition) is 5. The molecule has 0 saturated heterocycles. The number of hydrogen-bond donors (Lipinski definition) is 0. The average Bonchev–Trinajstić information content (AvgIpc) is 2.84. The summed E-state index contributed by atoms with van der Waals surface area (Å²) in [5.74, 6) is 0.192. The Balaban J connectivity index is 2.11. The summed E-state index contributed by atoms with van der Waals surface area (Å²) in [6, 6.07) is 23.9. The quantitative estimate of drug-likeness (QED) is 0.214. The summed E-state index contributed by atoms with van der Waals surface area (Å²) in [4.78, 5) is 16.4. The zero-order valence-corrected chi connectivity index (χ0v) is 21.2. The van der Waals surface area contributed by atoms with E-state index in [0.717, 1.165) is 11.1 Å². The SMILES string of the molecule is CCOC(=O)C=CCOc1cccnc1C(O[Si]C(C)(C)C)(c1ccccc1)c1ccccc1. The maximum Gasteiger partial charge on any atom is 0.330 e. The molecule has 1 aromatic heterocycles. The number of pyridine rings is 1. The van der Waals surface area contributed by atoms with Gasteiger partial charge in [0.2, 0.25) is 9.76 Å². The smallest absolute Gasteiger partial charge is 0.330 e. The lowest BCUT2D eigenvalue weighted by atomic mass is 9.83. The first-order valence-electron chi connectivity index (χ1n) is 11.3. The van der Waals surface area contributed by atoms with Gasteiger partial charge >= 0.3 is 5.97 Å². The van der Waals surface area contributed by atoms with Crippen molar-refractivity contribution in [2.24, 2.45) is 0 Å². The highest BCUT2D eigenvalue weighted by Gasteiger charge is 2.42. The molecule has 6 heteroatoms. The summed E-state index contributed by atoms with van der Waals surface area (Å²) in [6.45, 7) is 8.76. The molecule has 2 radical (unpaired) electrons. The Morgan fingerprint density at radius 3 is 2.12 bits per heavy atom. The number of nitrogens with zero attached hydrogens (tertiary/aromatic N) is 1. The van der Waals surface area contributed by atoms with E-state index in [1.165, 1.54) is 6.08 Å². The van der Waals surface area contributed by atoms with E-state index in [4.69, 9.17) is 18.9 Å². The molecule has 3 aromatic rings. The minimum absolute atomic E-state index is 0.0486. The van der Waals surface area contributed by atoms with E-state index in [9.17, 15) is 4.79 Å². The van der Waals surface area contributed by atoms with Crippen LogP contribution in [0.25, 0.3) is 0 Å². The Bertz CT molecular complexity index is 1040. The van der Waals surface area contributed by atoms with Crippen molar-refractivity contribution in [3.05, 3.63) is 108 Å². The Kier molecular flexibility index (Phi) is 8.79. The van der Waals surface area contributed by atoms with E-state index < -0.39 is 11.6 Å². The Hall–Kier alpha value is -3.22. The third-order valence-corrected chi connectivity index (χ3v) is 5.87. The fraction of sp³-hybridized carbons (Fsp3) is 0.286. The molecule has 0 atom stereocenters. The van der Waals surface area contributed by atoms with Crippen LogP contribution in [0, 0.1) is 0 Å². The minimum atomic E-state index is -0.976. The lowest BCUT2D eigenvalue weighted by Crippen LogP contribution is -2.37. The molecular weight excluding hydrogens is 442 g/mol. The lowest BCUT2D eigenvalue weighted by Gasteiger charge is -2.37. The van der Waals surface area contributed by atoms with Gasteiger partial charge in [-0.2, -0.15) is 0 Å². The van der Waals surface area contributed by atoms with Crippen LogP contribution in [-0.2, 0) is 19.6 Å². The monoisotopic (exact) mass is 473 g/mol. The van der Waals surface area contributed by atoms with E-state index in [2.05, 4.69) is 45.0 Å². The molecule has 0 aliphatic rings. The zero-order valence-electron chi connectivity index (χ0n) is 20.2. The Labute approximate surface area is 204 Å². The fourth-order valence-corrected chi connectivity index (χ4v) is 4.22. The van der Waals surface area contributed by atoms with Gasteiger partial charge in [0.1, 0.15) is 18.1 Å². The van der Waals surface area contributed by atoms with Crippen molar-refractivity contribution in [2.45, 2.75) is 38.3 Å². The highest BCUT2D eigenvalue weighted by molar-refractivity contribution is 6.32. The van der Waals surface area contributed by atoms with Crippen LogP contribution >= 0.6 is 0 Å². The molecule has 0 fully saturated rings. The van der Waals surface area contributed by atoms with Crippen molar-refractivity contribution in [1.29, 1.82) is 0 Å². The molecule has 1 heterocycles. The van der Waals surface area contributed by atoms with Crippen LogP contribution in [0.4, 0.5) is 0 Å². The molecular formula is C28H31NO4Si. The maximum atomic E-state index is 11.6. The van der Waals surface area contributed by atoms with Crippen LogP contribution in [0.2, 0.25) is 5.04 Å². The van der Waals surface area contributed by atoms with E-state index in [0.29, 0.717) is 18.1 Å². The summed E-state index contributed by atoms with van der Waals surface area (Å²) in [5, 5.41) is -0.0486. The number of carbonyl (C=O) groups is 1. The molecule has 2 aromatic carbocycles. The second-order valence-electron chi connectivity index (χ2n) is 8.68. The molecule has 3 rings (SSSR count). The van der Waals surface area contributed by atoms with Crippen LogP contribution in [0.1, 0.15) is 44.5 Å². The molecule has 0 unspecified atom stereocenters. The third kappa shape index (κ3) is 6.43. The predicted octanol–water partition coefficient (Wildman–Crippen LogP) is 5.73. The van der Waals surface area contributed by atoms with E-state index in [1.54, 1.807) is 19.2 Å².